The summed E-state index contributed by atoms with van der Waals surface area (Å²) in [6, 6.07) is 8.46. The quantitative estimate of drug-likeness (QED) is 0.771. The van der Waals surface area contributed by atoms with Gasteiger partial charge in [0.25, 0.3) is 5.91 Å². The summed E-state index contributed by atoms with van der Waals surface area (Å²) < 4.78 is 6.10. The zero-order valence-corrected chi connectivity index (χ0v) is 14.4. The molecule has 0 radical (unpaired) electrons. The van der Waals surface area contributed by atoms with Crippen LogP contribution < -0.4 is 10.1 Å². The van der Waals surface area contributed by atoms with Gasteiger partial charge in [0.1, 0.15) is 5.75 Å². The van der Waals surface area contributed by atoms with Crippen LogP contribution in [0.15, 0.2) is 34.8 Å². The van der Waals surface area contributed by atoms with Crippen molar-refractivity contribution >= 4 is 50.7 Å². The molecule has 2 aromatic rings. The largest absolute Gasteiger partial charge is 0.496 e. The van der Waals surface area contributed by atoms with E-state index < -0.39 is 0 Å². The van der Waals surface area contributed by atoms with Gasteiger partial charge in [0, 0.05) is 9.50 Å². The summed E-state index contributed by atoms with van der Waals surface area (Å²) in [5.74, 6) is 0.223. The van der Waals surface area contributed by atoms with Gasteiger partial charge in [-0.05, 0) is 42.8 Å². The maximum absolute atomic E-state index is 12.4. The molecule has 0 fully saturated rings. The van der Waals surface area contributed by atoms with Gasteiger partial charge in [-0.1, -0.05) is 39.1 Å². The van der Waals surface area contributed by atoms with Crippen LogP contribution in [0.25, 0.3) is 0 Å². The van der Waals surface area contributed by atoms with Gasteiger partial charge in [-0.2, -0.15) is 0 Å². The Morgan fingerprint density at radius 1 is 1.24 bits per heavy atom. The lowest BCUT2D eigenvalue weighted by Crippen LogP contribution is -2.14. The third-order valence-corrected chi connectivity index (χ3v) is 3.87. The Labute approximate surface area is 141 Å². The van der Waals surface area contributed by atoms with E-state index in [1.165, 1.54) is 7.11 Å². The average molecular weight is 389 g/mol. The van der Waals surface area contributed by atoms with Crippen LogP contribution >= 0.6 is 39.1 Å². The highest BCUT2D eigenvalue weighted by Crippen LogP contribution is 2.30. The van der Waals surface area contributed by atoms with Crippen molar-refractivity contribution in [1.82, 2.24) is 0 Å². The number of ether oxygens (including phenoxy) is 1. The van der Waals surface area contributed by atoms with Gasteiger partial charge in [-0.3, -0.25) is 4.79 Å². The number of nitrogens with one attached hydrogen (secondary N) is 1. The summed E-state index contributed by atoms with van der Waals surface area (Å²) in [6.45, 7) is 1.87. The van der Waals surface area contributed by atoms with Gasteiger partial charge in [0.15, 0.2) is 0 Å². The Bertz CT molecular complexity index is 704. The van der Waals surface area contributed by atoms with E-state index in [1.54, 1.807) is 24.3 Å². The lowest BCUT2D eigenvalue weighted by molar-refractivity contribution is 0.102. The van der Waals surface area contributed by atoms with Crippen LogP contribution in [0.2, 0.25) is 10.0 Å². The number of methoxy groups -OCH3 is 1. The van der Waals surface area contributed by atoms with Gasteiger partial charge in [-0.15, -0.1) is 0 Å². The molecule has 2 aromatic carbocycles. The van der Waals surface area contributed by atoms with Crippen molar-refractivity contribution in [2.75, 3.05) is 12.4 Å². The highest BCUT2D eigenvalue weighted by Gasteiger charge is 2.16. The lowest BCUT2D eigenvalue weighted by Gasteiger charge is -2.13. The van der Waals surface area contributed by atoms with Gasteiger partial charge in [0.05, 0.1) is 23.4 Å². The van der Waals surface area contributed by atoms with Crippen LogP contribution in [0.3, 0.4) is 0 Å². The zero-order valence-electron chi connectivity index (χ0n) is 11.3. The van der Waals surface area contributed by atoms with E-state index in [1.807, 2.05) is 13.0 Å². The third-order valence-electron chi connectivity index (χ3n) is 2.87. The van der Waals surface area contributed by atoms with E-state index in [0.29, 0.717) is 27.0 Å². The van der Waals surface area contributed by atoms with E-state index in [0.717, 1.165) is 10.0 Å². The summed E-state index contributed by atoms with van der Waals surface area (Å²) in [5.41, 5.74) is 1.78. The van der Waals surface area contributed by atoms with Crippen molar-refractivity contribution in [2.24, 2.45) is 0 Å². The first-order valence-corrected chi connectivity index (χ1v) is 7.58. The SMILES string of the molecule is COc1c(C)cc(Br)cc1C(=O)Nc1ccc(Cl)cc1Cl. The van der Waals surface area contributed by atoms with Gasteiger partial charge >= 0.3 is 0 Å². The van der Waals surface area contributed by atoms with Crippen LogP contribution in [0.5, 0.6) is 5.75 Å². The molecule has 2 rings (SSSR count). The van der Waals surface area contributed by atoms with Crippen LogP contribution in [0, 0.1) is 6.92 Å². The van der Waals surface area contributed by atoms with Crippen molar-refractivity contribution < 1.29 is 9.53 Å². The first-order valence-electron chi connectivity index (χ1n) is 6.03. The molecule has 1 amide bonds. The third kappa shape index (κ3) is 3.70. The molecule has 110 valence electrons. The van der Waals surface area contributed by atoms with E-state index in [-0.39, 0.29) is 5.91 Å². The number of halogens is 3. The van der Waals surface area contributed by atoms with Crippen molar-refractivity contribution in [3.63, 3.8) is 0 Å². The maximum atomic E-state index is 12.4. The Morgan fingerprint density at radius 3 is 2.57 bits per heavy atom. The number of hydrogen-bond donors (Lipinski definition) is 1. The summed E-state index contributed by atoms with van der Waals surface area (Å²) in [4.78, 5) is 12.4. The summed E-state index contributed by atoms with van der Waals surface area (Å²) in [7, 11) is 1.53. The van der Waals surface area contributed by atoms with Crippen molar-refractivity contribution in [3.8, 4) is 5.75 Å². The van der Waals surface area contributed by atoms with E-state index in [4.69, 9.17) is 27.9 Å². The normalized spacial score (nSPS) is 10.3. The molecular weight excluding hydrogens is 377 g/mol. The second kappa shape index (κ2) is 6.69. The van der Waals surface area contributed by atoms with Gasteiger partial charge in [0.2, 0.25) is 0 Å². The number of benzene rings is 2. The number of carbonyl (C=O) groups excluding carboxylic acids is 1. The number of rotatable bonds is 3. The fourth-order valence-corrected chi connectivity index (χ4v) is 2.98. The molecule has 0 spiro atoms. The molecule has 1 N–H and O–H groups in total. The number of aryl methyl sites for hydroxylation is 1. The number of anilines is 1. The monoisotopic (exact) mass is 387 g/mol. The molecule has 0 heterocycles. The molecule has 0 aliphatic heterocycles. The molecule has 0 aromatic heterocycles. The fraction of sp³-hybridized carbons (Fsp3) is 0.133. The standard InChI is InChI=1S/C15H12BrCl2NO2/c1-8-5-9(16)6-11(14(8)21-2)15(20)19-13-4-3-10(17)7-12(13)18/h3-7H,1-2H3,(H,19,20). The average Bonchev–Trinajstić information content (AvgIpc) is 2.41. The van der Waals surface area contributed by atoms with Crippen molar-refractivity contribution in [1.29, 1.82) is 0 Å². The van der Waals surface area contributed by atoms with Crippen LogP contribution in [0.1, 0.15) is 15.9 Å². The van der Waals surface area contributed by atoms with E-state index in [2.05, 4.69) is 21.2 Å². The Morgan fingerprint density at radius 2 is 1.95 bits per heavy atom. The molecule has 0 saturated carbocycles. The highest BCUT2D eigenvalue weighted by atomic mass is 79.9. The smallest absolute Gasteiger partial charge is 0.259 e. The molecule has 3 nitrogen and oxygen atoms in total. The summed E-state index contributed by atoms with van der Waals surface area (Å²) in [5, 5.41) is 3.64. The van der Waals surface area contributed by atoms with Crippen molar-refractivity contribution in [2.45, 2.75) is 6.92 Å². The Kier molecular flexibility index (Phi) is 5.14. The minimum absolute atomic E-state index is 0.305. The topological polar surface area (TPSA) is 38.3 Å². The summed E-state index contributed by atoms with van der Waals surface area (Å²) in [6.07, 6.45) is 0. The number of carbonyl (C=O) groups is 1. The second-order valence-corrected chi connectivity index (χ2v) is 6.14. The highest BCUT2D eigenvalue weighted by molar-refractivity contribution is 9.10. The van der Waals surface area contributed by atoms with Crippen LogP contribution in [-0.4, -0.2) is 13.0 Å². The zero-order chi connectivity index (χ0) is 15.6. The van der Waals surface area contributed by atoms with E-state index in [9.17, 15) is 4.79 Å². The van der Waals surface area contributed by atoms with Crippen molar-refractivity contribution in [3.05, 3.63) is 56.0 Å². The minimum Gasteiger partial charge on any atom is -0.496 e. The lowest BCUT2D eigenvalue weighted by atomic mass is 10.1. The first kappa shape index (κ1) is 16.1. The predicted molar refractivity (Wildman–Crippen MR) is 89.8 cm³/mol. The molecule has 0 bridgehead atoms. The Hall–Kier alpha value is -1.23. The molecule has 0 atom stereocenters. The maximum Gasteiger partial charge on any atom is 0.259 e. The predicted octanol–water partition coefficient (Wildman–Crippen LogP) is 5.33. The first-order chi connectivity index (χ1) is 9.92. The molecule has 0 aliphatic carbocycles. The molecule has 0 unspecified atom stereocenters. The summed E-state index contributed by atoms with van der Waals surface area (Å²) >= 11 is 15.3. The second-order valence-electron chi connectivity index (χ2n) is 4.38. The number of hydrogen-bond acceptors (Lipinski definition) is 2. The van der Waals surface area contributed by atoms with Gasteiger partial charge in [-0.25, -0.2) is 0 Å². The van der Waals surface area contributed by atoms with Gasteiger partial charge < -0.3 is 10.1 Å². The molecule has 0 aliphatic rings. The fourth-order valence-electron chi connectivity index (χ4n) is 1.95. The Balaban J connectivity index is 2.36. The molecule has 6 heteroatoms. The molecule has 0 saturated heterocycles. The molecular formula is C15H12BrCl2NO2. The molecule has 21 heavy (non-hydrogen) atoms. The minimum atomic E-state index is -0.305. The number of amides is 1. The van der Waals surface area contributed by atoms with Crippen LogP contribution in [-0.2, 0) is 0 Å². The van der Waals surface area contributed by atoms with Crippen LogP contribution in [0.4, 0.5) is 5.69 Å². The van der Waals surface area contributed by atoms with E-state index >= 15 is 0 Å².